The molecule has 160 valence electrons. The summed E-state index contributed by atoms with van der Waals surface area (Å²) in [6, 6.07) is 9.53. The quantitative estimate of drug-likeness (QED) is 0.456. The number of aryl methyl sites for hydroxylation is 1. The van der Waals surface area contributed by atoms with Crippen molar-refractivity contribution in [2.24, 2.45) is 7.05 Å². The summed E-state index contributed by atoms with van der Waals surface area (Å²) >= 11 is 0. The third-order valence-corrected chi connectivity index (χ3v) is 5.80. The Morgan fingerprint density at radius 3 is 2.75 bits per heavy atom. The van der Waals surface area contributed by atoms with Gasteiger partial charge in [0.1, 0.15) is 0 Å². The zero-order valence-corrected chi connectivity index (χ0v) is 18.2. The molecule has 0 saturated heterocycles. The lowest BCUT2D eigenvalue weighted by Crippen LogP contribution is -2.23. The molecule has 0 bridgehead atoms. The smallest absolute Gasteiger partial charge is 0.168 e. The summed E-state index contributed by atoms with van der Waals surface area (Å²) in [7, 11) is 3.98. The summed E-state index contributed by atoms with van der Waals surface area (Å²) in [5.41, 5.74) is 6.07. The maximum Gasteiger partial charge on any atom is 0.168 e. The predicted octanol–water partition coefficient (Wildman–Crippen LogP) is 3.57. The number of fused-ring (bicyclic) bond motifs is 1. The highest BCUT2D eigenvalue weighted by molar-refractivity contribution is 5.98. The number of hydrogen-bond donors (Lipinski definition) is 0. The topological polar surface area (TPSA) is 76.8 Å². The van der Waals surface area contributed by atoms with Gasteiger partial charge in [-0.15, -0.1) is 0 Å². The fraction of sp³-hybridized carbons (Fsp3) is 0.240. The molecule has 0 spiro atoms. The van der Waals surface area contributed by atoms with Crippen molar-refractivity contribution < 1.29 is 4.79 Å². The fourth-order valence-corrected chi connectivity index (χ4v) is 3.92. The number of carbonyl (C=O) groups excluding carboxylic acids is 1. The van der Waals surface area contributed by atoms with Crippen LogP contribution >= 0.6 is 0 Å². The predicted molar refractivity (Wildman–Crippen MR) is 124 cm³/mol. The van der Waals surface area contributed by atoms with Gasteiger partial charge in [-0.25, -0.2) is 4.98 Å². The second kappa shape index (κ2) is 8.43. The lowest BCUT2D eigenvalue weighted by Gasteiger charge is -2.21. The zero-order valence-electron chi connectivity index (χ0n) is 18.2. The highest BCUT2D eigenvalue weighted by atomic mass is 16.1. The molecule has 0 atom stereocenters. The number of Topliss-reactive ketones (excluding diaryl/α,β-unsaturated/α-hetero) is 1. The Morgan fingerprint density at radius 2 is 1.97 bits per heavy atom. The van der Waals surface area contributed by atoms with E-state index in [1.54, 1.807) is 29.3 Å². The molecule has 1 aliphatic heterocycles. The van der Waals surface area contributed by atoms with Crippen molar-refractivity contribution in [2.75, 3.05) is 20.1 Å². The molecule has 0 aromatic carbocycles. The first-order valence-corrected chi connectivity index (χ1v) is 10.7. The van der Waals surface area contributed by atoms with Crippen LogP contribution in [-0.2, 0) is 13.5 Å². The Balaban J connectivity index is 1.38. The number of hydrogen-bond acceptors (Lipinski definition) is 6. The Bertz CT molecular complexity index is 1340. The van der Waals surface area contributed by atoms with Crippen LogP contribution in [0.3, 0.4) is 0 Å². The van der Waals surface area contributed by atoms with Crippen molar-refractivity contribution in [3.05, 3.63) is 78.1 Å². The van der Waals surface area contributed by atoms with E-state index in [9.17, 15) is 4.79 Å². The van der Waals surface area contributed by atoms with Crippen LogP contribution in [0.4, 0.5) is 0 Å². The van der Waals surface area contributed by atoms with Crippen molar-refractivity contribution in [1.29, 1.82) is 0 Å². The Hall–Kier alpha value is -3.71. The number of likely N-dealkylation sites (N-methyl/N-ethyl adjacent to an activating group) is 1. The normalized spacial score (nSPS) is 14.5. The number of nitrogens with zero attached hydrogens (tertiary/aromatic N) is 6. The molecule has 4 aromatic rings. The molecule has 0 aliphatic carbocycles. The van der Waals surface area contributed by atoms with Crippen LogP contribution < -0.4 is 0 Å². The molecule has 0 radical (unpaired) electrons. The van der Waals surface area contributed by atoms with E-state index in [2.05, 4.69) is 33.1 Å². The van der Waals surface area contributed by atoms with Crippen molar-refractivity contribution in [1.82, 2.24) is 29.6 Å². The van der Waals surface area contributed by atoms with E-state index in [1.165, 1.54) is 5.57 Å². The summed E-state index contributed by atoms with van der Waals surface area (Å²) < 4.78 is 1.75. The van der Waals surface area contributed by atoms with Gasteiger partial charge in [-0.3, -0.25) is 19.4 Å². The SMILES string of the molecule is CN1CC=C(c2cc(C(=O)Cc3cc4nc(-c5cnn(C)c5)ccc4cn3)ccn2)CC1. The molecular weight excluding hydrogens is 400 g/mol. The van der Waals surface area contributed by atoms with Gasteiger partial charge in [0.05, 0.1) is 35.2 Å². The Labute approximate surface area is 186 Å². The van der Waals surface area contributed by atoms with Gasteiger partial charge in [0.25, 0.3) is 0 Å². The minimum Gasteiger partial charge on any atom is -0.302 e. The summed E-state index contributed by atoms with van der Waals surface area (Å²) in [5.74, 6) is 0.0254. The molecule has 0 saturated carbocycles. The second-order valence-corrected chi connectivity index (χ2v) is 8.24. The monoisotopic (exact) mass is 424 g/mol. The summed E-state index contributed by atoms with van der Waals surface area (Å²) in [6.07, 6.45) is 10.6. The summed E-state index contributed by atoms with van der Waals surface area (Å²) in [6.45, 7) is 1.91. The van der Waals surface area contributed by atoms with Crippen LogP contribution in [0.1, 0.15) is 28.2 Å². The first-order chi connectivity index (χ1) is 15.5. The van der Waals surface area contributed by atoms with Gasteiger partial charge in [-0.2, -0.15) is 5.10 Å². The van der Waals surface area contributed by atoms with E-state index in [0.29, 0.717) is 11.3 Å². The van der Waals surface area contributed by atoms with E-state index < -0.39 is 0 Å². The molecule has 7 nitrogen and oxygen atoms in total. The number of carbonyl (C=O) groups is 1. The van der Waals surface area contributed by atoms with Crippen LogP contribution in [0.25, 0.3) is 27.7 Å². The third-order valence-electron chi connectivity index (χ3n) is 5.80. The number of aromatic nitrogens is 5. The molecule has 32 heavy (non-hydrogen) atoms. The molecule has 0 unspecified atom stereocenters. The molecule has 1 aliphatic rings. The second-order valence-electron chi connectivity index (χ2n) is 8.24. The molecule has 0 N–H and O–H groups in total. The molecule has 0 amide bonds. The van der Waals surface area contributed by atoms with Gasteiger partial charge in [0.2, 0.25) is 0 Å². The molecule has 5 heterocycles. The van der Waals surface area contributed by atoms with Gasteiger partial charge in [-0.1, -0.05) is 6.08 Å². The van der Waals surface area contributed by atoms with Crippen molar-refractivity contribution in [3.8, 4) is 11.3 Å². The standard InChI is InChI=1S/C25H24N6O/c1-30-9-6-17(7-10-30)23-11-18(5-8-26-23)25(32)13-21-12-24-19(14-27-21)3-4-22(29-24)20-15-28-31(2)16-20/h3-6,8,11-12,14-16H,7,9-10,13H2,1-2H3. The average Bonchev–Trinajstić information content (AvgIpc) is 3.25. The van der Waals surface area contributed by atoms with E-state index in [0.717, 1.165) is 47.4 Å². The summed E-state index contributed by atoms with van der Waals surface area (Å²) in [5, 5.41) is 5.16. The highest BCUT2D eigenvalue weighted by Crippen LogP contribution is 2.23. The average molecular weight is 425 g/mol. The van der Waals surface area contributed by atoms with E-state index in [1.807, 2.05) is 37.5 Å². The zero-order chi connectivity index (χ0) is 22.1. The van der Waals surface area contributed by atoms with E-state index in [-0.39, 0.29) is 12.2 Å². The van der Waals surface area contributed by atoms with Crippen LogP contribution in [0.2, 0.25) is 0 Å². The van der Waals surface area contributed by atoms with Crippen LogP contribution in [0.15, 0.2) is 61.2 Å². The van der Waals surface area contributed by atoms with Crippen LogP contribution in [0, 0.1) is 0 Å². The van der Waals surface area contributed by atoms with Gasteiger partial charge in [-0.05, 0) is 49.4 Å². The molecule has 4 aromatic heterocycles. The molecule has 5 rings (SSSR count). The van der Waals surface area contributed by atoms with Gasteiger partial charge in [0, 0.05) is 55.2 Å². The highest BCUT2D eigenvalue weighted by Gasteiger charge is 2.14. The first-order valence-electron chi connectivity index (χ1n) is 10.7. The molecule has 0 fully saturated rings. The van der Waals surface area contributed by atoms with Crippen LogP contribution in [0.5, 0.6) is 0 Å². The molecular formula is C25H24N6O. The number of pyridine rings is 3. The lowest BCUT2D eigenvalue weighted by molar-refractivity contribution is 0.0992. The van der Waals surface area contributed by atoms with Crippen molar-refractivity contribution >= 4 is 22.3 Å². The largest absolute Gasteiger partial charge is 0.302 e. The first kappa shape index (κ1) is 20.2. The van der Waals surface area contributed by atoms with Crippen molar-refractivity contribution in [2.45, 2.75) is 12.8 Å². The Morgan fingerprint density at radius 1 is 1.06 bits per heavy atom. The number of rotatable bonds is 5. The minimum absolute atomic E-state index is 0.0254. The van der Waals surface area contributed by atoms with Gasteiger partial charge < -0.3 is 4.90 Å². The maximum atomic E-state index is 13.0. The Kier molecular flexibility index (Phi) is 5.33. The van der Waals surface area contributed by atoms with Gasteiger partial charge in [0.15, 0.2) is 5.78 Å². The maximum absolute atomic E-state index is 13.0. The van der Waals surface area contributed by atoms with Crippen molar-refractivity contribution in [3.63, 3.8) is 0 Å². The van der Waals surface area contributed by atoms with E-state index >= 15 is 0 Å². The number of ketones is 1. The summed E-state index contributed by atoms with van der Waals surface area (Å²) in [4.78, 5) is 29.0. The lowest BCUT2D eigenvalue weighted by atomic mass is 10.0. The molecule has 7 heteroatoms. The van der Waals surface area contributed by atoms with E-state index in [4.69, 9.17) is 4.98 Å². The van der Waals surface area contributed by atoms with Gasteiger partial charge >= 0.3 is 0 Å². The van der Waals surface area contributed by atoms with Crippen LogP contribution in [-0.4, -0.2) is 55.6 Å². The minimum atomic E-state index is 0.0254. The third kappa shape index (κ3) is 4.20. The fourth-order valence-electron chi connectivity index (χ4n) is 3.92.